The van der Waals surface area contributed by atoms with E-state index in [-0.39, 0.29) is 16.8 Å². The summed E-state index contributed by atoms with van der Waals surface area (Å²) in [5.74, 6) is -0.307. The van der Waals surface area contributed by atoms with Crippen molar-refractivity contribution in [2.75, 3.05) is 0 Å². The summed E-state index contributed by atoms with van der Waals surface area (Å²) < 4.78 is 38.2. The van der Waals surface area contributed by atoms with E-state index in [2.05, 4.69) is 10.3 Å². The molecule has 124 valence electrons. The molecule has 1 amide bonds. The number of hydrogen-bond donors (Lipinski definition) is 1. The lowest BCUT2D eigenvalue weighted by Crippen LogP contribution is -2.19. The zero-order valence-corrected chi connectivity index (χ0v) is 14.0. The fourth-order valence-electron chi connectivity index (χ4n) is 2.00. The summed E-state index contributed by atoms with van der Waals surface area (Å²) in [5, 5.41) is 4.76. The molecule has 1 aromatic heterocycles. The number of benzene rings is 1. The monoisotopic (exact) mass is 368 g/mol. The third-order valence-electron chi connectivity index (χ3n) is 3.22. The number of amidine groups is 1. The molecule has 1 aromatic carbocycles. The lowest BCUT2D eigenvalue weighted by Gasteiger charge is -2.06. The van der Waals surface area contributed by atoms with Crippen LogP contribution in [0.15, 0.2) is 45.6 Å². The van der Waals surface area contributed by atoms with Gasteiger partial charge >= 0.3 is 6.18 Å². The molecule has 1 N–H and O–H groups in total. The van der Waals surface area contributed by atoms with Crippen LogP contribution in [0.1, 0.15) is 16.0 Å². The van der Waals surface area contributed by atoms with E-state index in [4.69, 9.17) is 0 Å². The number of amides is 1. The van der Waals surface area contributed by atoms with E-state index in [1.165, 1.54) is 23.5 Å². The molecule has 3 nitrogen and oxygen atoms in total. The second-order valence-corrected chi connectivity index (χ2v) is 6.98. The number of aliphatic imine (C=N–C) groups is 1. The van der Waals surface area contributed by atoms with Gasteiger partial charge < -0.3 is 5.32 Å². The quantitative estimate of drug-likeness (QED) is 0.761. The zero-order valence-electron chi connectivity index (χ0n) is 12.3. The maximum absolute atomic E-state index is 12.7. The van der Waals surface area contributed by atoms with Gasteiger partial charge in [0.25, 0.3) is 5.91 Å². The van der Waals surface area contributed by atoms with Crippen LogP contribution in [-0.2, 0) is 11.0 Å². The van der Waals surface area contributed by atoms with Crippen molar-refractivity contribution in [1.29, 1.82) is 0 Å². The van der Waals surface area contributed by atoms with Crippen LogP contribution in [0.4, 0.5) is 18.9 Å². The van der Waals surface area contributed by atoms with Crippen molar-refractivity contribution in [2.24, 2.45) is 4.99 Å². The predicted octanol–water partition coefficient (Wildman–Crippen LogP) is 4.97. The number of carbonyl (C=O) groups excluding carboxylic acids is 1. The van der Waals surface area contributed by atoms with Crippen molar-refractivity contribution in [2.45, 2.75) is 13.1 Å². The number of halogens is 3. The topological polar surface area (TPSA) is 41.5 Å². The first-order chi connectivity index (χ1) is 11.3. The molecular weight excluding hydrogens is 357 g/mol. The van der Waals surface area contributed by atoms with Crippen LogP contribution in [0.5, 0.6) is 0 Å². The molecule has 1 aliphatic heterocycles. The average molecular weight is 368 g/mol. The number of nitrogens with one attached hydrogen (secondary N) is 1. The van der Waals surface area contributed by atoms with Gasteiger partial charge in [0, 0.05) is 4.88 Å². The first-order valence-corrected chi connectivity index (χ1v) is 8.53. The summed E-state index contributed by atoms with van der Waals surface area (Å²) >= 11 is 2.62. The SMILES string of the molecule is Cc1ccsc1/C=C1\SC(=Nc2cccc(C(F)(F)F)c2)NC1=O. The Balaban J connectivity index is 1.85. The van der Waals surface area contributed by atoms with Crippen molar-refractivity contribution in [3.05, 3.63) is 56.6 Å². The largest absolute Gasteiger partial charge is 0.416 e. The van der Waals surface area contributed by atoms with E-state index in [1.54, 1.807) is 6.08 Å². The Morgan fingerprint density at radius 2 is 2.04 bits per heavy atom. The summed E-state index contributed by atoms with van der Waals surface area (Å²) in [6.45, 7) is 1.94. The van der Waals surface area contributed by atoms with Crippen LogP contribution in [0.25, 0.3) is 6.08 Å². The van der Waals surface area contributed by atoms with E-state index in [9.17, 15) is 18.0 Å². The summed E-state index contributed by atoms with van der Waals surface area (Å²) in [6, 6.07) is 6.63. The van der Waals surface area contributed by atoms with Gasteiger partial charge in [0.2, 0.25) is 0 Å². The molecule has 0 spiro atoms. The second-order valence-electron chi connectivity index (χ2n) is 5.00. The van der Waals surface area contributed by atoms with Gasteiger partial charge in [-0.15, -0.1) is 11.3 Å². The van der Waals surface area contributed by atoms with Crippen LogP contribution in [-0.4, -0.2) is 11.1 Å². The third kappa shape index (κ3) is 3.70. The first kappa shape index (κ1) is 16.8. The Hall–Kier alpha value is -2.06. The molecule has 0 unspecified atom stereocenters. The minimum absolute atomic E-state index is 0.140. The predicted molar refractivity (Wildman–Crippen MR) is 91.3 cm³/mol. The molecule has 0 atom stereocenters. The number of thioether (sulfide) groups is 1. The van der Waals surface area contributed by atoms with E-state index >= 15 is 0 Å². The smallest absolute Gasteiger partial charge is 0.300 e. The average Bonchev–Trinajstić information content (AvgIpc) is 3.06. The maximum Gasteiger partial charge on any atom is 0.416 e. The molecule has 2 aromatic rings. The molecule has 0 bridgehead atoms. The van der Waals surface area contributed by atoms with Crippen LogP contribution >= 0.6 is 23.1 Å². The molecular formula is C16H11F3N2OS2. The highest BCUT2D eigenvalue weighted by Gasteiger charge is 2.30. The van der Waals surface area contributed by atoms with Gasteiger partial charge in [-0.05, 0) is 60.0 Å². The van der Waals surface area contributed by atoms with Gasteiger partial charge in [-0.25, -0.2) is 4.99 Å². The van der Waals surface area contributed by atoms with Crippen LogP contribution in [0.3, 0.4) is 0 Å². The minimum Gasteiger partial charge on any atom is -0.300 e. The van der Waals surface area contributed by atoms with Crippen molar-refractivity contribution < 1.29 is 18.0 Å². The molecule has 8 heteroatoms. The molecule has 1 aliphatic rings. The van der Waals surface area contributed by atoms with Crippen molar-refractivity contribution in [3.8, 4) is 0 Å². The first-order valence-electron chi connectivity index (χ1n) is 6.84. The third-order valence-corrected chi connectivity index (χ3v) is 5.09. The zero-order chi connectivity index (χ0) is 17.3. The number of hydrogen-bond acceptors (Lipinski definition) is 4. The standard InChI is InChI=1S/C16H11F3N2OS2/c1-9-5-6-23-12(9)8-13-14(22)21-15(24-13)20-11-4-2-3-10(7-11)16(17,18)19/h2-8H,1H3,(H,20,21,22)/b13-8-. The summed E-state index contributed by atoms with van der Waals surface area (Å²) in [7, 11) is 0. The van der Waals surface area contributed by atoms with E-state index in [0.29, 0.717) is 4.91 Å². The van der Waals surface area contributed by atoms with E-state index in [0.717, 1.165) is 34.3 Å². The van der Waals surface area contributed by atoms with Crippen LogP contribution in [0, 0.1) is 6.92 Å². The number of aryl methyl sites for hydroxylation is 1. The van der Waals surface area contributed by atoms with Crippen molar-refractivity contribution in [3.63, 3.8) is 0 Å². The van der Waals surface area contributed by atoms with E-state index in [1.807, 2.05) is 18.4 Å². The van der Waals surface area contributed by atoms with Crippen molar-refractivity contribution in [1.82, 2.24) is 5.32 Å². The highest BCUT2D eigenvalue weighted by molar-refractivity contribution is 8.18. The Morgan fingerprint density at radius 1 is 1.25 bits per heavy atom. The highest BCUT2D eigenvalue weighted by atomic mass is 32.2. The highest BCUT2D eigenvalue weighted by Crippen LogP contribution is 2.33. The minimum atomic E-state index is -4.43. The van der Waals surface area contributed by atoms with Crippen LogP contribution < -0.4 is 5.32 Å². The molecule has 0 saturated carbocycles. The molecule has 0 aliphatic carbocycles. The van der Waals surface area contributed by atoms with Crippen molar-refractivity contribution >= 4 is 45.9 Å². The maximum atomic E-state index is 12.7. The van der Waals surface area contributed by atoms with Gasteiger partial charge in [-0.3, -0.25) is 4.79 Å². The van der Waals surface area contributed by atoms with E-state index < -0.39 is 11.7 Å². The lowest BCUT2D eigenvalue weighted by molar-refractivity contribution is -0.137. The number of rotatable bonds is 2. The molecule has 1 fully saturated rings. The molecule has 0 radical (unpaired) electrons. The normalized spacial score (nSPS) is 18.4. The number of thiophene rings is 1. The van der Waals surface area contributed by atoms with Gasteiger partial charge in [0.15, 0.2) is 5.17 Å². The molecule has 2 heterocycles. The van der Waals surface area contributed by atoms with Gasteiger partial charge in [-0.1, -0.05) is 6.07 Å². The molecule has 3 rings (SSSR count). The number of nitrogens with zero attached hydrogens (tertiary/aromatic N) is 1. The summed E-state index contributed by atoms with van der Waals surface area (Å²) in [6.07, 6.45) is -2.67. The lowest BCUT2D eigenvalue weighted by atomic mass is 10.2. The summed E-state index contributed by atoms with van der Waals surface area (Å²) in [5.41, 5.74) is 0.425. The summed E-state index contributed by atoms with van der Waals surface area (Å²) in [4.78, 5) is 17.5. The van der Waals surface area contributed by atoms with Gasteiger partial charge in [0.05, 0.1) is 16.2 Å². The number of carbonyl (C=O) groups is 1. The van der Waals surface area contributed by atoms with Gasteiger partial charge in [0.1, 0.15) is 0 Å². The fourth-order valence-corrected chi connectivity index (χ4v) is 3.76. The van der Waals surface area contributed by atoms with Gasteiger partial charge in [-0.2, -0.15) is 13.2 Å². The number of alkyl halides is 3. The Bertz CT molecular complexity index is 853. The fraction of sp³-hybridized carbons (Fsp3) is 0.125. The Morgan fingerprint density at radius 3 is 2.71 bits per heavy atom. The molecule has 1 saturated heterocycles. The second kappa shape index (κ2) is 6.45. The molecule has 24 heavy (non-hydrogen) atoms. The Labute approximate surface area is 144 Å². The Kier molecular flexibility index (Phi) is 4.51. The van der Waals surface area contributed by atoms with Crippen LogP contribution in [0.2, 0.25) is 0 Å².